The Bertz CT molecular complexity index is 393. The van der Waals surface area contributed by atoms with Gasteiger partial charge in [-0.1, -0.05) is 6.92 Å². The summed E-state index contributed by atoms with van der Waals surface area (Å²) in [5.41, 5.74) is 1.14. The van der Waals surface area contributed by atoms with Crippen LogP contribution in [0.1, 0.15) is 25.5 Å². The highest BCUT2D eigenvalue weighted by Gasteiger charge is 2.35. The molecule has 2 unspecified atom stereocenters. The van der Waals surface area contributed by atoms with E-state index in [1.807, 2.05) is 0 Å². The summed E-state index contributed by atoms with van der Waals surface area (Å²) in [6.45, 7) is 5.56. The minimum atomic E-state index is 0.642. The van der Waals surface area contributed by atoms with E-state index in [0.29, 0.717) is 6.04 Å². The molecule has 1 aromatic heterocycles. The standard InChI is InChI=1S/C13H20N4/c1-2-11-6-13(16-9-15-11)17-5-3-4-10-7-14-8-12(10)17/h6,9-10,12,14H,2-5,7-8H2,1H3. The normalized spacial score (nSPS) is 28.2. The van der Waals surface area contributed by atoms with Crippen molar-refractivity contribution < 1.29 is 0 Å². The van der Waals surface area contributed by atoms with Gasteiger partial charge >= 0.3 is 0 Å². The van der Waals surface area contributed by atoms with Gasteiger partial charge in [0.15, 0.2) is 0 Å². The Hall–Kier alpha value is -1.16. The lowest BCUT2D eigenvalue weighted by Gasteiger charge is -2.37. The number of fused-ring (bicyclic) bond motifs is 1. The molecule has 17 heavy (non-hydrogen) atoms. The number of piperidine rings is 1. The monoisotopic (exact) mass is 232 g/mol. The fourth-order valence-electron chi connectivity index (χ4n) is 3.09. The first kappa shape index (κ1) is 11.0. The van der Waals surface area contributed by atoms with Gasteiger partial charge in [0, 0.05) is 37.4 Å². The average Bonchev–Trinajstić information content (AvgIpc) is 2.87. The molecule has 92 valence electrons. The molecule has 1 N–H and O–H groups in total. The quantitative estimate of drug-likeness (QED) is 0.832. The van der Waals surface area contributed by atoms with Crippen LogP contribution in [-0.4, -0.2) is 35.6 Å². The first-order valence-corrected chi connectivity index (χ1v) is 6.66. The lowest BCUT2D eigenvalue weighted by Crippen LogP contribution is -2.45. The molecule has 2 aliphatic heterocycles. The van der Waals surface area contributed by atoms with Crippen molar-refractivity contribution in [3.05, 3.63) is 18.1 Å². The first-order valence-electron chi connectivity index (χ1n) is 6.66. The first-order chi connectivity index (χ1) is 8.38. The highest BCUT2D eigenvalue weighted by molar-refractivity contribution is 5.41. The molecule has 4 nitrogen and oxygen atoms in total. The van der Waals surface area contributed by atoms with Gasteiger partial charge in [-0.15, -0.1) is 0 Å². The summed E-state index contributed by atoms with van der Waals surface area (Å²) in [5.74, 6) is 1.93. The van der Waals surface area contributed by atoms with Crippen LogP contribution in [-0.2, 0) is 6.42 Å². The van der Waals surface area contributed by atoms with Crippen LogP contribution in [0.2, 0.25) is 0 Å². The van der Waals surface area contributed by atoms with E-state index in [2.05, 4.69) is 33.2 Å². The van der Waals surface area contributed by atoms with Crippen molar-refractivity contribution in [3.63, 3.8) is 0 Å². The number of aromatic nitrogens is 2. The van der Waals surface area contributed by atoms with Crippen LogP contribution in [0.15, 0.2) is 12.4 Å². The third-order valence-corrected chi connectivity index (χ3v) is 4.04. The Kier molecular flexibility index (Phi) is 2.97. The van der Waals surface area contributed by atoms with Crippen molar-refractivity contribution in [1.29, 1.82) is 0 Å². The van der Waals surface area contributed by atoms with Gasteiger partial charge in [0.25, 0.3) is 0 Å². The predicted molar refractivity (Wildman–Crippen MR) is 68.1 cm³/mol. The number of hydrogen-bond donors (Lipinski definition) is 1. The Labute approximate surface area is 102 Å². The lowest BCUT2D eigenvalue weighted by atomic mass is 9.92. The van der Waals surface area contributed by atoms with Crippen LogP contribution >= 0.6 is 0 Å². The maximum atomic E-state index is 4.46. The molecule has 2 saturated heterocycles. The Morgan fingerprint density at radius 2 is 2.35 bits per heavy atom. The van der Waals surface area contributed by atoms with Crippen LogP contribution in [0, 0.1) is 5.92 Å². The molecule has 0 amide bonds. The number of rotatable bonds is 2. The highest BCUT2D eigenvalue weighted by atomic mass is 15.3. The fraction of sp³-hybridized carbons (Fsp3) is 0.692. The second kappa shape index (κ2) is 4.61. The Morgan fingerprint density at radius 3 is 3.24 bits per heavy atom. The summed E-state index contributed by atoms with van der Waals surface area (Å²) >= 11 is 0. The molecular formula is C13H20N4. The molecular weight excluding hydrogens is 212 g/mol. The molecule has 0 radical (unpaired) electrons. The maximum absolute atomic E-state index is 4.46. The molecule has 2 atom stereocenters. The summed E-state index contributed by atoms with van der Waals surface area (Å²) in [4.78, 5) is 11.2. The number of aryl methyl sites for hydroxylation is 1. The summed E-state index contributed by atoms with van der Waals surface area (Å²) in [6.07, 6.45) is 5.34. The Morgan fingerprint density at radius 1 is 1.41 bits per heavy atom. The molecule has 2 fully saturated rings. The van der Waals surface area contributed by atoms with Crippen LogP contribution in [0.3, 0.4) is 0 Å². The van der Waals surface area contributed by atoms with Crippen LogP contribution in [0.4, 0.5) is 5.82 Å². The Balaban J connectivity index is 1.86. The smallest absolute Gasteiger partial charge is 0.132 e. The lowest BCUT2D eigenvalue weighted by molar-refractivity contribution is 0.383. The van der Waals surface area contributed by atoms with E-state index in [1.54, 1.807) is 6.33 Å². The molecule has 0 saturated carbocycles. The van der Waals surface area contributed by atoms with Crippen LogP contribution in [0.5, 0.6) is 0 Å². The fourth-order valence-corrected chi connectivity index (χ4v) is 3.09. The zero-order valence-corrected chi connectivity index (χ0v) is 10.4. The van der Waals surface area contributed by atoms with Gasteiger partial charge in [0.05, 0.1) is 0 Å². The molecule has 1 aromatic rings. The summed E-state index contributed by atoms with van der Waals surface area (Å²) in [5, 5.41) is 3.51. The third kappa shape index (κ3) is 2.02. The van der Waals surface area contributed by atoms with Crippen LogP contribution in [0.25, 0.3) is 0 Å². The van der Waals surface area contributed by atoms with Crippen molar-refractivity contribution in [3.8, 4) is 0 Å². The third-order valence-electron chi connectivity index (χ3n) is 4.04. The van der Waals surface area contributed by atoms with Crippen molar-refractivity contribution >= 4 is 5.82 Å². The van der Waals surface area contributed by atoms with Gasteiger partial charge in [0.1, 0.15) is 12.1 Å². The number of hydrogen-bond acceptors (Lipinski definition) is 4. The average molecular weight is 232 g/mol. The van der Waals surface area contributed by atoms with Crippen molar-refractivity contribution in [2.75, 3.05) is 24.5 Å². The minimum Gasteiger partial charge on any atom is -0.352 e. The SMILES string of the molecule is CCc1cc(N2CCCC3CNCC32)ncn1. The van der Waals surface area contributed by atoms with Gasteiger partial charge in [-0.05, 0) is 25.2 Å². The molecule has 3 rings (SSSR count). The number of nitrogens with zero attached hydrogens (tertiary/aromatic N) is 3. The summed E-state index contributed by atoms with van der Waals surface area (Å²) in [6, 6.07) is 2.80. The van der Waals surface area contributed by atoms with E-state index in [0.717, 1.165) is 36.9 Å². The summed E-state index contributed by atoms with van der Waals surface area (Å²) in [7, 11) is 0. The van der Waals surface area contributed by atoms with Crippen molar-refractivity contribution in [2.45, 2.75) is 32.2 Å². The molecule has 0 spiro atoms. The highest BCUT2D eigenvalue weighted by Crippen LogP contribution is 2.29. The zero-order valence-electron chi connectivity index (χ0n) is 10.4. The number of nitrogens with one attached hydrogen (secondary N) is 1. The number of anilines is 1. The largest absolute Gasteiger partial charge is 0.352 e. The van der Waals surface area contributed by atoms with Gasteiger partial charge in [-0.3, -0.25) is 0 Å². The van der Waals surface area contributed by atoms with Gasteiger partial charge in [0.2, 0.25) is 0 Å². The molecule has 0 aromatic carbocycles. The van der Waals surface area contributed by atoms with Crippen molar-refractivity contribution in [2.24, 2.45) is 5.92 Å². The maximum Gasteiger partial charge on any atom is 0.132 e. The van der Waals surface area contributed by atoms with E-state index in [1.165, 1.54) is 19.4 Å². The molecule has 3 heterocycles. The topological polar surface area (TPSA) is 41.0 Å². The van der Waals surface area contributed by atoms with Gasteiger partial charge < -0.3 is 10.2 Å². The van der Waals surface area contributed by atoms with E-state index in [-0.39, 0.29) is 0 Å². The predicted octanol–water partition coefficient (Wildman–Crippen LogP) is 1.23. The van der Waals surface area contributed by atoms with E-state index in [4.69, 9.17) is 0 Å². The van der Waals surface area contributed by atoms with Crippen molar-refractivity contribution in [1.82, 2.24) is 15.3 Å². The second-order valence-corrected chi connectivity index (χ2v) is 5.04. The molecule has 4 heteroatoms. The molecule has 0 bridgehead atoms. The van der Waals surface area contributed by atoms with Gasteiger partial charge in [-0.2, -0.15) is 0 Å². The van der Waals surface area contributed by atoms with Crippen LogP contribution < -0.4 is 10.2 Å². The summed E-state index contributed by atoms with van der Waals surface area (Å²) < 4.78 is 0. The van der Waals surface area contributed by atoms with Gasteiger partial charge in [-0.25, -0.2) is 9.97 Å². The van der Waals surface area contributed by atoms with E-state index in [9.17, 15) is 0 Å². The minimum absolute atomic E-state index is 0.642. The molecule has 2 aliphatic rings. The van der Waals surface area contributed by atoms with E-state index < -0.39 is 0 Å². The molecule has 0 aliphatic carbocycles. The second-order valence-electron chi connectivity index (χ2n) is 5.04. The van der Waals surface area contributed by atoms with E-state index >= 15 is 0 Å². The zero-order chi connectivity index (χ0) is 11.7.